The van der Waals surface area contributed by atoms with Gasteiger partial charge in [-0.25, -0.2) is 4.39 Å². The van der Waals surface area contributed by atoms with Gasteiger partial charge in [0.1, 0.15) is 5.82 Å². The van der Waals surface area contributed by atoms with Crippen molar-refractivity contribution in [1.29, 1.82) is 0 Å². The number of H-pyrrole nitrogens is 1. The first-order valence-electron chi connectivity index (χ1n) is 15.4. The molecule has 2 N–H and O–H groups in total. The van der Waals surface area contributed by atoms with Crippen molar-refractivity contribution in [2.45, 2.75) is 29.5 Å². The Morgan fingerprint density at radius 2 is 1.70 bits per heavy atom. The van der Waals surface area contributed by atoms with Crippen molar-refractivity contribution in [2.75, 3.05) is 23.9 Å². The van der Waals surface area contributed by atoms with Crippen molar-refractivity contribution in [3.63, 3.8) is 0 Å². The van der Waals surface area contributed by atoms with Gasteiger partial charge in [-0.2, -0.15) is 0 Å². The molecule has 0 radical (unpaired) electrons. The Balaban J connectivity index is 1.09. The van der Waals surface area contributed by atoms with Crippen molar-refractivity contribution in [1.82, 2.24) is 4.98 Å². The highest BCUT2D eigenvalue weighted by Crippen LogP contribution is 2.68. The highest BCUT2D eigenvalue weighted by Gasteiger charge is 2.69. The Morgan fingerprint density at radius 1 is 0.979 bits per heavy atom. The van der Waals surface area contributed by atoms with Gasteiger partial charge in [-0.15, -0.1) is 11.8 Å². The third-order valence-corrected chi connectivity index (χ3v) is 12.6. The first kappa shape index (κ1) is 29.9. The van der Waals surface area contributed by atoms with Crippen LogP contribution in [0.25, 0.3) is 0 Å². The third-order valence-electron chi connectivity index (χ3n) is 10.0. The normalized spacial score (nSPS) is 27.0. The maximum Gasteiger partial charge on any atom is 0.305 e. The van der Waals surface area contributed by atoms with Crippen LogP contribution in [-0.4, -0.2) is 41.7 Å². The number of benzene rings is 3. The molecular formula is C35H30FN3O6S2. The number of amides is 3. The lowest BCUT2D eigenvalue weighted by molar-refractivity contribution is -0.123. The first-order valence-corrected chi connectivity index (χ1v) is 17.1. The van der Waals surface area contributed by atoms with E-state index in [1.165, 1.54) is 47.6 Å². The standard InChI is InChI=1S/C35H30FN3O6S2/c1-16-3-8-19(9-4-16)37-25(40)15-45-23-12-5-17(13-24(23)44-2)26-27-21-14-22(30(27)46-32-31(26)47-35(43)38-32)29-28(21)33(41)39(34(29)42)20-10-6-18(36)7-11-20/h3-13,21-22,26-30H,14-15H2,1-2H3,(H,37,40)(H,38,43)/t21?,22?,26-,27?,28?,29?,30?/m1/s1. The number of imide groups is 1. The van der Waals surface area contributed by atoms with Crippen LogP contribution in [0.1, 0.15) is 28.3 Å². The van der Waals surface area contributed by atoms with Gasteiger partial charge in [0.2, 0.25) is 11.8 Å². The van der Waals surface area contributed by atoms with E-state index in [-0.39, 0.29) is 58.1 Å². The molecule has 1 aromatic heterocycles. The number of thiazole rings is 1. The van der Waals surface area contributed by atoms with Crippen LogP contribution < -0.4 is 24.6 Å². The summed E-state index contributed by atoms with van der Waals surface area (Å²) in [5.41, 5.74) is 3.06. The number of hydrogen-bond donors (Lipinski definition) is 2. The lowest BCUT2D eigenvalue weighted by atomic mass is 9.68. The quantitative estimate of drug-likeness (QED) is 0.246. The van der Waals surface area contributed by atoms with Crippen molar-refractivity contribution in [2.24, 2.45) is 29.6 Å². The average Bonchev–Trinajstić information content (AvgIpc) is 3.80. The number of nitrogens with zero attached hydrogens (tertiary/aromatic N) is 1. The Labute approximate surface area is 277 Å². The summed E-state index contributed by atoms with van der Waals surface area (Å²) in [6, 6.07) is 18.5. The van der Waals surface area contributed by atoms with Crippen molar-refractivity contribution in [3.8, 4) is 11.5 Å². The zero-order chi connectivity index (χ0) is 32.6. The number of hydrogen-bond acceptors (Lipinski definition) is 8. The Bertz CT molecular complexity index is 1980. The molecule has 3 fully saturated rings. The average molecular weight is 672 g/mol. The Morgan fingerprint density at radius 3 is 2.43 bits per heavy atom. The van der Waals surface area contributed by atoms with Gasteiger partial charge in [0.25, 0.3) is 5.91 Å². The van der Waals surface area contributed by atoms with Crippen molar-refractivity contribution in [3.05, 3.63) is 98.2 Å². The van der Waals surface area contributed by atoms with Gasteiger partial charge in [0.05, 0.1) is 29.7 Å². The molecule has 7 atom stereocenters. The molecule has 6 unspecified atom stereocenters. The van der Waals surface area contributed by atoms with Crippen LogP contribution in [0.5, 0.6) is 11.5 Å². The first-order chi connectivity index (χ1) is 22.7. The fourth-order valence-electron chi connectivity index (χ4n) is 8.21. The molecule has 2 aliphatic carbocycles. The van der Waals surface area contributed by atoms with Gasteiger partial charge >= 0.3 is 4.87 Å². The molecule has 2 bridgehead atoms. The second-order valence-electron chi connectivity index (χ2n) is 12.6. The zero-order valence-electron chi connectivity index (χ0n) is 25.4. The lowest BCUT2D eigenvalue weighted by Gasteiger charge is -2.43. The topological polar surface area (TPSA) is 118 Å². The van der Waals surface area contributed by atoms with Gasteiger partial charge in [0.15, 0.2) is 18.1 Å². The number of aryl methyl sites for hydroxylation is 1. The van der Waals surface area contributed by atoms with E-state index in [1.54, 1.807) is 17.8 Å². The number of carbonyl (C=O) groups is 3. The van der Waals surface area contributed by atoms with E-state index in [1.807, 2.05) is 43.3 Å². The molecule has 12 heteroatoms. The highest BCUT2D eigenvalue weighted by molar-refractivity contribution is 8.00. The molecule has 4 aromatic rings. The summed E-state index contributed by atoms with van der Waals surface area (Å²) in [6.45, 7) is 1.76. The molecular weight excluding hydrogens is 642 g/mol. The molecule has 0 spiro atoms. The van der Waals surface area contributed by atoms with Crippen LogP contribution in [0.3, 0.4) is 0 Å². The monoisotopic (exact) mass is 671 g/mol. The molecule has 2 aliphatic heterocycles. The van der Waals surface area contributed by atoms with Gasteiger partial charge in [0, 0.05) is 21.7 Å². The van der Waals surface area contributed by atoms with Crippen molar-refractivity contribution >= 4 is 52.2 Å². The predicted molar refractivity (Wildman–Crippen MR) is 176 cm³/mol. The van der Waals surface area contributed by atoms with E-state index < -0.39 is 17.7 Å². The summed E-state index contributed by atoms with van der Waals surface area (Å²) < 4.78 is 25.3. The molecule has 240 valence electrons. The van der Waals surface area contributed by atoms with Crippen LogP contribution in [0.15, 0.2) is 76.6 Å². The Kier molecular flexibility index (Phi) is 7.25. The third kappa shape index (κ3) is 4.88. The number of ether oxygens (including phenoxy) is 2. The van der Waals surface area contributed by atoms with Gasteiger partial charge in [-0.1, -0.05) is 35.1 Å². The maximum atomic E-state index is 13.9. The number of thioether (sulfide) groups is 1. The Hall–Kier alpha value is -4.42. The summed E-state index contributed by atoms with van der Waals surface area (Å²) in [5.74, 6) is -1.63. The number of anilines is 2. The summed E-state index contributed by atoms with van der Waals surface area (Å²) in [5, 5.41) is 3.64. The minimum absolute atomic E-state index is 0.00752. The second kappa shape index (κ2) is 11.4. The van der Waals surface area contributed by atoms with Gasteiger partial charge in [-0.05, 0) is 85.2 Å². The summed E-state index contributed by atoms with van der Waals surface area (Å²) >= 11 is 2.78. The molecule has 4 aliphatic rings. The van der Waals surface area contributed by atoms with Crippen LogP contribution >= 0.6 is 23.1 Å². The number of rotatable bonds is 7. The molecule has 47 heavy (non-hydrogen) atoms. The number of methoxy groups -OCH3 is 1. The van der Waals surface area contributed by atoms with Crippen LogP contribution in [-0.2, 0) is 14.4 Å². The molecule has 3 heterocycles. The minimum atomic E-state index is -0.476. The van der Waals surface area contributed by atoms with Crippen LogP contribution in [0.2, 0.25) is 0 Å². The number of aromatic amines is 1. The lowest BCUT2D eigenvalue weighted by Crippen LogP contribution is -2.42. The van der Waals surface area contributed by atoms with Crippen molar-refractivity contribution < 1.29 is 28.2 Å². The SMILES string of the molecule is COc1cc([C@H]2c3sc(=O)[nH]c3SC3C4CC(C5C(=O)N(c6ccc(F)cc6)C(=O)C45)C32)ccc1OCC(=O)Nc1ccc(C)cc1. The fraction of sp³-hybridized carbons (Fsp3) is 0.314. The minimum Gasteiger partial charge on any atom is -0.493 e. The fourth-order valence-corrected chi connectivity index (χ4v) is 11.1. The second-order valence-corrected chi connectivity index (χ2v) is 14.8. The number of halogens is 1. The van der Waals surface area contributed by atoms with Gasteiger partial charge < -0.3 is 19.8 Å². The van der Waals surface area contributed by atoms with E-state index in [9.17, 15) is 23.6 Å². The number of fused-ring (bicyclic) bond motifs is 9. The smallest absolute Gasteiger partial charge is 0.305 e. The molecule has 3 amide bonds. The zero-order valence-corrected chi connectivity index (χ0v) is 27.0. The van der Waals surface area contributed by atoms with E-state index in [2.05, 4.69) is 10.3 Å². The molecule has 8 rings (SSSR count). The van der Waals surface area contributed by atoms with Crippen LogP contribution in [0.4, 0.5) is 15.8 Å². The summed E-state index contributed by atoms with van der Waals surface area (Å²) in [7, 11) is 1.53. The van der Waals surface area contributed by atoms with E-state index in [0.29, 0.717) is 22.9 Å². The van der Waals surface area contributed by atoms with Crippen LogP contribution in [0, 0.1) is 42.3 Å². The molecule has 3 aromatic carbocycles. The molecule has 9 nitrogen and oxygen atoms in total. The highest BCUT2D eigenvalue weighted by atomic mass is 32.2. The van der Waals surface area contributed by atoms with E-state index >= 15 is 0 Å². The molecule has 1 saturated heterocycles. The maximum absolute atomic E-state index is 13.9. The largest absolute Gasteiger partial charge is 0.493 e. The molecule has 2 saturated carbocycles. The van der Waals surface area contributed by atoms with E-state index in [0.717, 1.165) is 27.5 Å². The van der Waals surface area contributed by atoms with E-state index in [4.69, 9.17) is 9.47 Å². The summed E-state index contributed by atoms with van der Waals surface area (Å²) in [6.07, 6.45) is 0.747. The summed E-state index contributed by atoms with van der Waals surface area (Å²) in [4.78, 5) is 58.0. The number of aromatic nitrogens is 1. The predicted octanol–water partition coefficient (Wildman–Crippen LogP) is 5.59. The number of carbonyl (C=O) groups excluding carboxylic acids is 3. The number of nitrogens with one attached hydrogen (secondary N) is 2. The van der Waals surface area contributed by atoms with Gasteiger partial charge in [-0.3, -0.25) is 24.1 Å².